The average Bonchev–Trinajstić information content (AvgIpc) is 2.93. The van der Waals surface area contributed by atoms with Crippen molar-refractivity contribution in [1.82, 2.24) is 0 Å². The Bertz CT molecular complexity index is 1180. The maximum atomic E-state index is 9.22. The zero-order valence-corrected chi connectivity index (χ0v) is 16.6. The molecular formula is C25H19ClN2O. The number of nitriles is 1. The minimum atomic E-state index is -0.149. The summed E-state index contributed by atoms with van der Waals surface area (Å²) in [5, 5.41) is 9.22. The van der Waals surface area contributed by atoms with Gasteiger partial charge in [-0.25, -0.2) is 0 Å². The molecule has 142 valence electrons. The molecule has 0 saturated carbocycles. The zero-order valence-electron chi connectivity index (χ0n) is 15.9. The van der Waals surface area contributed by atoms with Gasteiger partial charge in [-0.05, 0) is 65.8 Å². The van der Waals surface area contributed by atoms with Gasteiger partial charge in [-0.2, -0.15) is 9.77 Å². The first kappa shape index (κ1) is 18.0. The Kier molecular flexibility index (Phi) is 4.38. The Labute approximate surface area is 175 Å². The zero-order chi connectivity index (χ0) is 19.8. The van der Waals surface area contributed by atoms with Gasteiger partial charge in [-0.15, -0.1) is 0 Å². The lowest BCUT2D eigenvalue weighted by Crippen LogP contribution is -2.31. The standard InChI is InChI=1S/C25H19ClN2O/c26-28-24-22-13-19(18-6-3-4-17(12-18)16-27)8-9-20(22)14-25(24)10-11-29-23-7-2-1-5-21(23)15-25/h1-9,12-13H,10-11,14-15H2. The molecule has 29 heavy (non-hydrogen) atoms. The predicted octanol–water partition coefficient (Wildman–Crippen LogP) is 5.74. The SMILES string of the molecule is N#Cc1cccc(-c2ccc3c(c2)C(=NCl)C2(CCOc4ccccc4C2)C3)c1. The van der Waals surface area contributed by atoms with Crippen LogP contribution >= 0.6 is 11.8 Å². The van der Waals surface area contributed by atoms with E-state index in [0.717, 1.165) is 47.4 Å². The fourth-order valence-corrected chi connectivity index (χ4v) is 4.99. The lowest BCUT2D eigenvalue weighted by molar-refractivity contribution is 0.273. The van der Waals surface area contributed by atoms with Crippen molar-refractivity contribution in [2.45, 2.75) is 19.3 Å². The van der Waals surface area contributed by atoms with Gasteiger partial charge >= 0.3 is 0 Å². The average molecular weight is 399 g/mol. The smallest absolute Gasteiger partial charge is 0.122 e. The quantitative estimate of drug-likeness (QED) is 0.525. The van der Waals surface area contributed by atoms with Crippen LogP contribution in [0.4, 0.5) is 0 Å². The molecule has 1 aliphatic heterocycles. The second-order valence-corrected chi connectivity index (χ2v) is 8.01. The van der Waals surface area contributed by atoms with E-state index in [4.69, 9.17) is 16.5 Å². The number of hydrogen-bond donors (Lipinski definition) is 0. The van der Waals surface area contributed by atoms with Crippen LogP contribution in [0.15, 0.2) is 71.2 Å². The number of para-hydroxylation sites is 1. The normalized spacial score (nSPS) is 21.2. The number of benzene rings is 3. The summed E-state index contributed by atoms with van der Waals surface area (Å²) in [5.74, 6) is 0.961. The van der Waals surface area contributed by atoms with Gasteiger partial charge < -0.3 is 4.74 Å². The van der Waals surface area contributed by atoms with Crippen LogP contribution in [-0.2, 0) is 12.8 Å². The summed E-state index contributed by atoms with van der Waals surface area (Å²) in [4.78, 5) is 0. The van der Waals surface area contributed by atoms with E-state index in [9.17, 15) is 5.26 Å². The highest BCUT2D eigenvalue weighted by molar-refractivity contribution is 6.25. The molecule has 0 aromatic heterocycles. The van der Waals surface area contributed by atoms with Crippen LogP contribution < -0.4 is 4.74 Å². The number of halogens is 1. The molecule has 1 heterocycles. The molecular weight excluding hydrogens is 380 g/mol. The Morgan fingerprint density at radius 3 is 2.62 bits per heavy atom. The molecule has 0 N–H and O–H groups in total. The van der Waals surface area contributed by atoms with Gasteiger partial charge in [0.15, 0.2) is 0 Å². The molecule has 0 saturated heterocycles. The third-order valence-corrected chi connectivity index (χ3v) is 6.31. The highest BCUT2D eigenvalue weighted by Crippen LogP contribution is 2.46. The molecule has 1 spiro atoms. The number of rotatable bonds is 1. The molecule has 0 bridgehead atoms. The molecule has 0 fully saturated rings. The van der Waals surface area contributed by atoms with Crippen LogP contribution in [0, 0.1) is 16.7 Å². The molecule has 3 aromatic carbocycles. The van der Waals surface area contributed by atoms with Crippen molar-refractivity contribution < 1.29 is 4.74 Å². The first-order chi connectivity index (χ1) is 14.2. The van der Waals surface area contributed by atoms with Crippen LogP contribution in [0.3, 0.4) is 0 Å². The van der Waals surface area contributed by atoms with Crippen molar-refractivity contribution in [2.24, 2.45) is 9.93 Å². The van der Waals surface area contributed by atoms with E-state index in [1.54, 1.807) is 0 Å². The fourth-order valence-electron chi connectivity index (χ4n) is 4.72. The van der Waals surface area contributed by atoms with E-state index in [0.29, 0.717) is 12.2 Å². The monoisotopic (exact) mass is 398 g/mol. The van der Waals surface area contributed by atoms with Gasteiger partial charge in [-0.3, -0.25) is 0 Å². The Balaban J connectivity index is 1.57. The minimum Gasteiger partial charge on any atom is -0.493 e. The van der Waals surface area contributed by atoms with Crippen LogP contribution in [0.25, 0.3) is 11.1 Å². The number of ether oxygens (including phenoxy) is 1. The largest absolute Gasteiger partial charge is 0.493 e. The summed E-state index contributed by atoms with van der Waals surface area (Å²) in [5.41, 5.74) is 7.14. The third kappa shape index (κ3) is 3.01. The number of nitrogens with zero attached hydrogens (tertiary/aromatic N) is 2. The summed E-state index contributed by atoms with van der Waals surface area (Å²) in [7, 11) is 0. The lowest BCUT2D eigenvalue weighted by Gasteiger charge is -2.27. The van der Waals surface area contributed by atoms with Gasteiger partial charge in [-0.1, -0.05) is 42.5 Å². The summed E-state index contributed by atoms with van der Waals surface area (Å²) >= 11 is 6.19. The topological polar surface area (TPSA) is 45.4 Å². The van der Waals surface area contributed by atoms with Gasteiger partial charge in [0.2, 0.25) is 0 Å². The van der Waals surface area contributed by atoms with Crippen molar-refractivity contribution >= 4 is 17.5 Å². The molecule has 0 radical (unpaired) electrons. The van der Waals surface area contributed by atoms with Gasteiger partial charge in [0.1, 0.15) is 5.75 Å². The second kappa shape index (κ2) is 7.06. The van der Waals surface area contributed by atoms with E-state index >= 15 is 0 Å². The van der Waals surface area contributed by atoms with E-state index < -0.39 is 0 Å². The van der Waals surface area contributed by atoms with Crippen molar-refractivity contribution in [2.75, 3.05) is 6.61 Å². The Morgan fingerprint density at radius 2 is 1.76 bits per heavy atom. The Hall–Kier alpha value is -3.09. The van der Waals surface area contributed by atoms with E-state index in [-0.39, 0.29) is 5.41 Å². The van der Waals surface area contributed by atoms with Crippen LogP contribution in [0.2, 0.25) is 0 Å². The van der Waals surface area contributed by atoms with E-state index in [2.05, 4.69) is 40.9 Å². The van der Waals surface area contributed by atoms with Crippen molar-refractivity contribution in [3.63, 3.8) is 0 Å². The molecule has 4 heteroatoms. The lowest BCUT2D eigenvalue weighted by atomic mass is 9.75. The second-order valence-electron chi connectivity index (χ2n) is 7.84. The predicted molar refractivity (Wildman–Crippen MR) is 115 cm³/mol. The summed E-state index contributed by atoms with van der Waals surface area (Å²) in [6.45, 7) is 0.651. The molecule has 1 aliphatic carbocycles. The molecule has 2 aliphatic rings. The first-order valence-corrected chi connectivity index (χ1v) is 10.1. The van der Waals surface area contributed by atoms with E-state index in [1.165, 1.54) is 11.1 Å². The molecule has 1 unspecified atom stereocenters. The maximum absolute atomic E-state index is 9.22. The van der Waals surface area contributed by atoms with Crippen LogP contribution in [-0.4, -0.2) is 12.3 Å². The third-order valence-electron chi connectivity index (χ3n) is 6.15. The fraction of sp³-hybridized carbons (Fsp3) is 0.200. The Morgan fingerprint density at radius 1 is 0.931 bits per heavy atom. The highest BCUT2D eigenvalue weighted by Gasteiger charge is 2.45. The summed E-state index contributed by atoms with van der Waals surface area (Å²) in [6.07, 6.45) is 2.65. The maximum Gasteiger partial charge on any atom is 0.122 e. The number of hydrogen-bond acceptors (Lipinski definition) is 3. The van der Waals surface area contributed by atoms with Gasteiger partial charge in [0, 0.05) is 22.8 Å². The number of fused-ring (bicyclic) bond motifs is 2. The molecule has 3 aromatic rings. The highest BCUT2D eigenvalue weighted by atomic mass is 35.5. The van der Waals surface area contributed by atoms with Crippen LogP contribution in [0.1, 0.15) is 28.7 Å². The van der Waals surface area contributed by atoms with E-state index in [1.807, 2.05) is 36.4 Å². The summed E-state index contributed by atoms with van der Waals surface area (Å²) < 4.78 is 10.3. The minimum absolute atomic E-state index is 0.149. The van der Waals surface area contributed by atoms with Crippen molar-refractivity contribution in [1.29, 1.82) is 5.26 Å². The van der Waals surface area contributed by atoms with Crippen LogP contribution in [0.5, 0.6) is 5.75 Å². The molecule has 3 nitrogen and oxygen atoms in total. The molecule has 0 amide bonds. The van der Waals surface area contributed by atoms with Crippen molar-refractivity contribution in [3.05, 3.63) is 89.0 Å². The molecule has 5 rings (SSSR count). The van der Waals surface area contributed by atoms with Gasteiger partial charge in [0.25, 0.3) is 0 Å². The first-order valence-electron chi connectivity index (χ1n) is 9.76. The van der Waals surface area contributed by atoms with Crippen molar-refractivity contribution in [3.8, 4) is 22.9 Å². The summed E-state index contributed by atoms with van der Waals surface area (Å²) in [6, 6.07) is 24.6. The van der Waals surface area contributed by atoms with Gasteiger partial charge in [0.05, 0.1) is 24.0 Å². The molecule has 1 atom stereocenters.